The largest absolute Gasteiger partial charge is 0.491 e. The molecule has 124 valence electrons. The van der Waals surface area contributed by atoms with Crippen molar-refractivity contribution in [3.8, 4) is 5.75 Å². The summed E-state index contributed by atoms with van der Waals surface area (Å²) >= 11 is 0. The predicted molar refractivity (Wildman–Crippen MR) is 88.4 cm³/mol. The van der Waals surface area contributed by atoms with Crippen molar-refractivity contribution in [1.82, 2.24) is 5.32 Å². The van der Waals surface area contributed by atoms with Crippen LogP contribution < -0.4 is 10.1 Å². The van der Waals surface area contributed by atoms with Crippen LogP contribution >= 0.6 is 0 Å². The zero-order chi connectivity index (χ0) is 15.6. The number of ether oxygens (including phenoxy) is 2. The molecule has 0 spiro atoms. The average Bonchev–Trinajstić information content (AvgIpc) is 3.35. The van der Waals surface area contributed by atoms with Gasteiger partial charge in [0.15, 0.2) is 0 Å². The molecular weight excluding hydrogens is 278 g/mol. The molecule has 1 aliphatic carbocycles. The van der Waals surface area contributed by atoms with Crippen molar-refractivity contribution >= 4 is 0 Å². The highest BCUT2D eigenvalue weighted by atomic mass is 16.5. The Morgan fingerprint density at radius 1 is 1.27 bits per heavy atom. The van der Waals surface area contributed by atoms with Gasteiger partial charge in [0.2, 0.25) is 0 Å². The van der Waals surface area contributed by atoms with Gasteiger partial charge in [0, 0.05) is 13.2 Å². The lowest BCUT2D eigenvalue weighted by Gasteiger charge is -2.13. The number of rotatable bonds is 12. The fourth-order valence-electron chi connectivity index (χ4n) is 2.17. The van der Waals surface area contributed by atoms with E-state index in [1.807, 2.05) is 12.1 Å². The van der Waals surface area contributed by atoms with Crippen molar-refractivity contribution in [2.24, 2.45) is 5.92 Å². The van der Waals surface area contributed by atoms with Crippen LogP contribution in [0.1, 0.15) is 31.7 Å². The molecule has 0 saturated heterocycles. The van der Waals surface area contributed by atoms with Gasteiger partial charge in [0.1, 0.15) is 18.5 Å². The third-order valence-electron chi connectivity index (χ3n) is 3.76. The molecule has 1 saturated carbocycles. The summed E-state index contributed by atoms with van der Waals surface area (Å²) < 4.78 is 11.2. The second-order valence-electron chi connectivity index (χ2n) is 6.08. The van der Waals surface area contributed by atoms with Gasteiger partial charge >= 0.3 is 0 Å². The molecule has 0 aromatic heterocycles. The molecule has 22 heavy (non-hydrogen) atoms. The topological polar surface area (TPSA) is 50.7 Å². The fraction of sp³-hybridized carbons (Fsp3) is 0.667. The molecule has 4 heteroatoms. The summed E-state index contributed by atoms with van der Waals surface area (Å²) in [5.41, 5.74) is 1.26. The van der Waals surface area contributed by atoms with Crippen LogP contribution in [0.2, 0.25) is 0 Å². The molecule has 0 bridgehead atoms. The Hall–Kier alpha value is -1.10. The van der Waals surface area contributed by atoms with Gasteiger partial charge in [-0.3, -0.25) is 0 Å². The fourth-order valence-corrected chi connectivity index (χ4v) is 2.17. The van der Waals surface area contributed by atoms with E-state index in [0.717, 1.165) is 44.3 Å². The molecule has 0 aliphatic heterocycles. The molecule has 1 unspecified atom stereocenters. The number of nitrogens with one attached hydrogen (secondary N) is 1. The van der Waals surface area contributed by atoms with Crippen LogP contribution in [0.5, 0.6) is 5.75 Å². The summed E-state index contributed by atoms with van der Waals surface area (Å²) in [6.45, 7) is 5.64. The Labute approximate surface area is 133 Å². The monoisotopic (exact) mass is 307 g/mol. The van der Waals surface area contributed by atoms with Gasteiger partial charge in [0.05, 0.1) is 6.61 Å². The van der Waals surface area contributed by atoms with Crippen molar-refractivity contribution in [2.45, 2.75) is 38.7 Å². The minimum absolute atomic E-state index is 0.320. The second kappa shape index (κ2) is 9.82. The summed E-state index contributed by atoms with van der Waals surface area (Å²) in [4.78, 5) is 0. The van der Waals surface area contributed by atoms with Crippen LogP contribution in [0.4, 0.5) is 0 Å². The zero-order valence-corrected chi connectivity index (χ0v) is 13.6. The third kappa shape index (κ3) is 7.25. The van der Waals surface area contributed by atoms with Crippen LogP contribution in [0.15, 0.2) is 24.3 Å². The minimum atomic E-state index is -0.470. The van der Waals surface area contributed by atoms with Crippen molar-refractivity contribution in [3.63, 3.8) is 0 Å². The van der Waals surface area contributed by atoms with Gasteiger partial charge in [-0.05, 0) is 55.8 Å². The van der Waals surface area contributed by atoms with Gasteiger partial charge in [-0.25, -0.2) is 0 Å². The van der Waals surface area contributed by atoms with Gasteiger partial charge in [0.25, 0.3) is 0 Å². The number of hydrogen-bond donors (Lipinski definition) is 2. The van der Waals surface area contributed by atoms with Crippen molar-refractivity contribution in [1.29, 1.82) is 0 Å². The van der Waals surface area contributed by atoms with Crippen molar-refractivity contribution in [3.05, 3.63) is 29.8 Å². The standard InChI is InChI=1S/C18H29NO3/c1-2-10-19-12-17(20)14-22-18-7-5-15(6-8-18)9-11-21-13-16-3-4-16/h5-8,16-17,19-20H,2-4,9-14H2,1H3. The van der Waals surface area contributed by atoms with E-state index in [-0.39, 0.29) is 0 Å². The van der Waals surface area contributed by atoms with E-state index in [1.165, 1.54) is 18.4 Å². The number of benzene rings is 1. The van der Waals surface area contributed by atoms with Crippen LogP contribution in [-0.2, 0) is 11.2 Å². The van der Waals surface area contributed by atoms with Gasteiger partial charge in [-0.15, -0.1) is 0 Å². The summed E-state index contributed by atoms with van der Waals surface area (Å²) in [5, 5.41) is 13.0. The Balaban J connectivity index is 1.58. The average molecular weight is 307 g/mol. The Bertz CT molecular complexity index is 403. The Morgan fingerprint density at radius 2 is 2.05 bits per heavy atom. The van der Waals surface area contributed by atoms with E-state index in [2.05, 4.69) is 24.4 Å². The van der Waals surface area contributed by atoms with E-state index < -0.39 is 6.10 Å². The van der Waals surface area contributed by atoms with E-state index in [1.54, 1.807) is 0 Å². The van der Waals surface area contributed by atoms with Gasteiger partial charge in [-0.1, -0.05) is 19.1 Å². The maximum absolute atomic E-state index is 9.78. The molecule has 1 fully saturated rings. The first kappa shape index (κ1) is 17.3. The molecule has 0 heterocycles. The molecule has 0 radical (unpaired) electrons. The molecule has 1 atom stereocenters. The molecule has 2 rings (SSSR count). The molecular formula is C18H29NO3. The van der Waals surface area contributed by atoms with Crippen LogP contribution in [0.3, 0.4) is 0 Å². The first-order valence-electron chi connectivity index (χ1n) is 8.46. The van der Waals surface area contributed by atoms with Crippen molar-refractivity contribution < 1.29 is 14.6 Å². The minimum Gasteiger partial charge on any atom is -0.491 e. The highest BCUT2D eigenvalue weighted by Gasteiger charge is 2.20. The highest BCUT2D eigenvalue weighted by molar-refractivity contribution is 5.27. The lowest BCUT2D eigenvalue weighted by atomic mass is 10.1. The maximum Gasteiger partial charge on any atom is 0.119 e. The Kier molecular flexibility index (Phi) is 7.71. The highest BCUT2D eigenvalue weighted by Crippen LogP contribution is 2.28. The van der Waals surface area contributed by atoms with Crippen LogP contribution in [0.25, 0.3) is 0 Å². The molecule has 2 N–H and O–H groups in total. The van der Waals surface area contributed by atoms with Gasteiger partial charge < -0.3 is 19.9 Å². The molecule has 0 amide bonds. The van der Waals surface area contributed by atoms with Crippen molar-refractivity contribution in [2.75, 3.05) is 32.9 Å². The van der Waals surface area contributed by atoms with E-state index in [9.17, 15) is 5.11 Å². The maximum atomic E-state index is 9.78. The number of aliphatic hydroxyl groups is 1. The van der Waals surface area contributed by atoms with E-state index in [4.69, 9.17) is 9.47 Å². The number of hydrogen-bond acceptors (Lipinski definition) is 4. The summed E-state index contributed by atoms with van der Waals surface area (Å²) in [6, 6.07) is 8.06. The van der Waals surface area contributed by atoms with Gasteiger partial charge in [-0.2, -0.15) is 0 Å². The summed E-state index contributed by atoms with van der Waals surface area (Å²) in [6.07, 6.45) is 4.22. The number of aliphatic hydroxyl groups excluding tert-OH is 1. The van der Waals surface area contributed by atoms with Crippen LogP contribution in [0, 0.1) is 5.92 Å². The SMILES string of the molecule is CCCNCC(O)COc1ccc(CCOCC2CC2)cc1. The van der Waals surface area contributed by atoms with E-state index in [0.29, 0.717) is 13.2 Å². The quantitative estimate of drug-likeness (QED) is 0.582. The lowest BCUT2D eigenvalue weighted by Crippen LogP contribution is -2.31. The predicted octanol–water partition coefficient (Wildman–Crippen LogP) is 2.40. The summed E-state index contributed by atoms with van der Waals surface area (Å²) in [7, 11) is 0. The Morgan fingerprint density at radius 3 is 2.73 bits per heavy atom. The second-order valence-corrected chi connectivity index (χ2v) is 6.08. The van der Waals surface area contributed by atoms with E-state index >= 15 is 0 Å². The molecule has 1 aromatic rings. The molecule has 1 aromatic carbocycles. The first-order valence-corrected chi connectivity index (χ1v) is 8.46. The third-order valence-corrected chi connectivity index (χ3v) is 3.76. The lowest BCUT2D eigenvalue weighted by molar-refractivity contribution is 0.106. The zero-order valence-electron chi connectivity index (χ0n) is 13.6. The molecule has 1 aliphatic rings. The van der Waals surface area contributed by atoms with Crippen LogP contribution in [-0.4, -0.2) is 44.1 Å². The normalized spacial score (nSPS) is 15.7. The first-order chi connectivity index (χ1) is 10.8. The molecule has 4 nitrogen and oxygen atoms in total. The smallest absolute Gasteiger partial charge is 0.119 e. The summed E-state index contributed by atoms with van der Waals surface area (Å²) in [5.74, 6) is 1.63.